The number of aliphatic carboxylic acids is 1. The number of nitrogens with zero attached hydrogens (tertiary/aromatic N) is 2. The molecule has 2 aromatic rings. The SMILES string of the molecule is O=C(O)C[n+]1ccc(-c2nc(C(F)(F)F)co2)cc1. The van der Waals surface area contributed by atoms with Gasteiger partial charge in [-0.2, -0.15) is 17.7 Å². The highest BCUT2D eigenvalue weighted by Crippen LogP contribution is 2.30. The van der Waals surface area contributed by atoms with E-state index < -0.39 is 17.8 Å². The minimum atomic E-state index is -4.56. The average molecular weight is 273 g/mol. The Labute approximate surface area is 104 Å². The third-order valence-corrected chi connectivity index (χ3v) is 2.25. The summed E-state index contributed by atoms with van der Waals surface area (Å²) in [6.07, 6.45) is -1.19. The lowest BCUT2D eigenvalue weighted by Gasteiger charge is -1.98. The molecular weight excluding hydrogens is 265 g/mol. The molecule has 8 heteroatoms. The summed E-state index contributed by atoms with van der Waals surface area (Å²) < 4.78 is 43.1. The molecule has 2 rings (SSSR count). The van der Waals surface area contributed by atoms with Crippen molar-refractivity contribution in [1.82, 2.24) is 4.98 Å². The van der Waals surface area contributed by atoms with Crippen molar-refractivity contribution in [3.8, 4) is 11.5 Å². The Kier molecular flexibility index (Phi) is 3.24. The fourth-order valence-electron chi connectivity index (χ4n) is 1.40. The first kappa shape index (κ1) is 13.1. The van der Waals surface area contributed by atoms with E-state index in [0.29, 0.717) is 11.8 Å². The number of alkyl halides is 3. The third kappa shape index (κ3) is 3.09. The van der Waals surface area contributed by atoms with Crippen LogP contribution in [-0.4, -0.2) is 16.1 Å². The van der Waals surface area contributed by atoms with E-state index in [2.05, 4.69) is 4.98 Å². The molecule has 0 fully saturated rings. The van der Waals surface area contributed by atoms with Crippen molar-refractivity contribution >= 4 is 5.97 Å². The Bertz CT molecular complexity index is 590. The second kappa shape index (κ2) is 4.71. The second-order valence-electron chi connectivity index (χ2n) is 3.69. The number of pyridine rings is 1. The van der Waals surface area contributed by atoms with Crippen LogP contribution in [0, 0.1) is 0 Å². The van der Waals surface area contributed by atoms with Crippen molar-refractivity contribution in [1.29, 1.82) is 0 Å². The van der Waals surface area contributed by atoms with E-state index in [-0.39, 0.29) is 12.4 Å². The number of halogens is 3. The zero-order valence-electron chi connectivity index (χ0n) is 9.39. The number of carboxylic acid groups (broad SMARTS) is 1. The van der Waals surface area contributed by atoms with E-state index in [1.54, 1.807) is 0 Å². The number of rotatable bonds is 3. The molecule has 0 saturated heterocycles. The number of carboxylic acids is 1. The predicted molar refractivity (Wildman–Crippen MR) is 54.8 cm³/mol. The van der Waals surface area contributed by atoms with Gasteiger partial charge in [0.2, 0.25) is 12.4 Å². The summed E-state index contributed by atoms with van der Waals surface area (Å²) in [5.41, 5.74) is -0.776. The maximum atomic E-state index is 12.3. The lowest BCUT2D eigenvalue weighted by Crippen LogP contribution is -2.36. The van der Waals surface area contributed by atoms with Gasteiger partial charge in [-0.3, -0.25) is 0 Å². The van der Waals surface area contributed by atoms with E-state index in [9.17, 15) is 18.0 Å². The maximum absolute atomic E-state index is 12.3. The van der Waals surface area contributed by atoms with Crippen LogP contribution >= 0.6 is 0 Å². The van der Waals surface area contributed by atoms with Crippen molar-refractivity contribution < 1.29 is 32.1 Å². The van der Waals surface area contributed by atoms with Gasteiger partial charge < -0.3 is 9.52 Å². The van der Waals surface area contributed by atoms with Gasteiger partial charge in [-0.05, 0) is 0 Å². The van der Waals surface area contributed by atoms with E-state index in [1.807, 2.05) is 0 Å². The lowest BCUT2D eigenvalue weighted by atomic mass is 10.2. The van der Waals surface area contributed by atoms with E-state index >= 15 is 0 Å². The van der Waals surface area contributed by atoms with E-state index in [4.69, 9.17) is 9.52 Å². The zero-order valence-corrected chi connectivity index (χ0v) is 9.39. The fraction of sp³-hybridized carbons (Fsp3) is 0.182. The number of hydrogen-bond acceptors (Lipinski definition) is 3. The third-order valence-electron chi connectivity index (χ3n) is 2.25. The zero-order chi connectivity index (χ0) is 14.0. The monoisotopic (exact) mass is 273 g/mol. The summed E-state index contributed by atoms with van der Waals surface area (Å²) in [6.45, 7) is -0.236. The molecule has 100 valence electrons. The summed E-state index contributed by atoms with van der Waals surface area (Å²) in [7, 11) is 0. The van der Waals surface area contributed by atoms with Gasteiger partial charge in [0.05, 0.1) is 0 Å². The Hall–Kier alpha value is -2.38. The number of aromatic nitrogens is 2. The normalized spacial score (nSPS) is 11.5. The van der Waals surface area contributed by atoms with E-state index in [1.165, 1.54) is 29.1 Å². The molecule has 0 amide bonds. The van der Waals surface area contributed by atoms with Crippen LogP contribution in [0.15, 0.2) is 35.2 Å². The van der Waals surface area contributed by atoms with Gasteiger partial charge in [-0.25, -0.2) is 9.78 Å². The molecule has 0 aromatic carbocycles. The number of hydrogen-bond donors (Lipinski definition) is 1. The summed E-state index contributed by atoms with van der Waals surface area (Å²) in [5.74, 6) is -1.19. The Morgan fingerprint density at radius 1 is 1.37 bits per heavy atom. The maximum Gasteiger partial charge on any atom is 0.436 e. The Morgan fingerprint density at radius 2 is 2.00 bits per heavy atom. The standard InChI is InChI=1S/C11H7F3N2O3/c12-11(13,14)8-6-19-10(15-8)7-1-3-16(4-2-7)5-9(17)18/h1-4,6H,5H2/p+1. The number of oxazole rings is 1. The van der Waals surface area contributed by atoms with Crippen molar-refractivity contribution in [3.63, 3.8) is 0 Å². The Morgan fingerprint density at radius 3 is 2.47 bits per heavy atom. The van der Waals surface area contributed by atoms with Crippen LogP contribution < -0.4 is 4.57 Å². The second-order valence-corrected chi connectivity index (χ2v) is 3.69. The molecule has 0 saturated carbocycles. The van der Waals surface area contributed by atoms with Crippen LogP contribution in [0.4, 0.5) is 13.2 Å². The molecule has 5 nitrogen and oxygen atoms in total. The molecule has 0 aliphatic rings. The first-order valence-corrected chi connectivity index (χ1v) is 5.10. The van der Waals surface area contributed by atoms with Gasteiger partial charge >= 0.3 is 12.1 Å². The van der Waals surface area contributed by atoms with Gasteiger partial charge in [0, 0.05) is 17.7 Å². The smallest absolute Gasteiger partial charge is 0.436 e. The first-order valence-electron chi connectivity index (χ1n) is 5.10. The molecule has 0 unspecified atom stereocenters. The highest BCUT2D eigenvalue weighted by molar-refractivity contribution is 5.64. The summed E-state index contributed by atoms with van der Waals surface area (Å²) in [6, 6.07) is 2.85. The molecule has 0 spiro atoms. The van der Waals surface area contributed by atoms with Gasteiger partial charge in [0.25, 0.3) is 0 Å². The molecule has 0 aliphatic heterocycles. The largest absolute Gasteiger partial charge is 0.477 e. The molecule has 0 aliphatic carbocycles. The van der Waals surface area contributed by atoms with Gasteiger partial charge in [0.15, 0.2) is 18.1 Å². The van der Waals surface area contributed by atoms with Crippen LogP contribution in [-0.2, 0) is 17.5 Å². The predicted octanol–water partition coefficient (Wildman–Crippen LogP) is 1.73. The van der Waals surface area contributed by atoms with Crippen LogP contribution in [0.1, 0.15) is 5.69 Å². The molecule has 2 aromatic heterocycles. The molecule has 1 N–H and O–H groups in total. The average Bonchev–Trinajstić information content (AvgIpc) is 2.78. The van der Waals surface area contributed by atoms with Crippen LogP contribution in [0.2, 0.25) is 0 Å². The Balaban J connectivity index is 2.23. The fourth-order valence-corrected chi connectivity index (χ4v) is 1.40. The minimum absolute atomic E-state index is 0.171. The number of carbonyl (C=O) groups is 1. The van der Waals surface area contributed by atoms with Gasteiger partial charge in [-0.15, -0.1) is 0 Å². The molecule has 2 heterocycles. The highest BCUT2D eigenvalue weighted by atomic mass is 19.4. The van der Waals surface area contributed by atoms with Crippen molar-refractivity contribution in [2.75, 3.05) is 0 Å². The first-order chi connectivity index (χ1) is 8.86. The van der Waals surface area contributed by atoms with Crippen molar-refractivity contribution in [2.24, 2.45) is 0 Å². The summed E-state index contributed by atoms with van der Waals surface area (Å²) in [5, 5.41) is 8.57. The molecular formula is C11H8F3N2O3+. The minimum Gasteiger partial charge on any atom is -0.477 e. The molecule has 0 bridgehead atoms. The van der Waals surface area contributed by atoms with Gasteiger partial charge in [0.1, 0.15) is 6.26 Å². The van der Waals surface area contributed by atoms with Crippen LogP contribution in [0.5, 0.6) is 0 Å². The quantitative estimate of drug-likeness (QED) is 0.865. The van der Waals surface area contributed by atoms with Crippen molar-refractivity contribution in [3.05, 3.63) is 36.5 Å². The highest BCUT2D eigenvalue weighted by Gasteiger charge is 2.34. The van der Waals surface area contributed by atoms with Crippen LogP contribution in [0.3, 0.4) is 0 Å². The van der Waals surface area contributed by atoms with Gasteiger partial charge in [-0.1, -0.05) is 0 Å². The summed E-state index contributed by atoms with van der Waals surface area (Å²) >= 11 is 0. The topological polar surface area (TPSA) is 67.2 Å². The van der Waals surface area contributed by atoms with Crippen molar-refractivity contribution in [2.45, 2.75) is 12.7 Å². The summed E-state index contributed by atoms with van der Waals surface area (Å²) in [4.78, 5) is 13.8. The van der Waals surface area contributed by atoms with Crippen LogP contribution in [0.25, 0.3) is 11.5 Å². The molecule has 0 radical (unpaired) electrons. The molecule has 0 atom stereocenters. The van der Waals surface area contributed by atoms with E-state index in [0.717, 1.165) is 0 Å². The lowest BCUT2D eigenvalue weighted by molar-refractivity contribution is -0.685. The molecule has 19 heavy (non-hydrogen) atoms.